The third-order valence-corrected chi connectivity index (χ3v) is 2.78. The zero-order chi connectivity index (χ0) is 12.5. The Bertz CT molecular complexity index is 432. The highest BCUT2D eigenvalue weighted by molar-refractivity contribution is 6.32. The summed E-state index contributed by atoms with van der Waals surface area (Å²) in [5, 5.41) is 8.73. The number of benzene rings is 1. The third-order valence-electron chi connectivity index (χ3n) is 2.40. The van der Waals surface area contributed by atoms with E-state index in [0.717, 1.165) is 0 Å². The maximum atomic E-state index is 13.4. The second-order valence-electron chi connectivity index (χ2n) is 3.50. The summed E-state index contributed by atoms with van der Waals surface area (Å²) in [4.78, 5) is 10.9. The summed E-state index contributed by atoms with van der Waals surface area (Å²) >= 11 is 5.77. The van der Waals surface area contributed by atoms with Crippen molar-refractivity contribution in [1.82, 2.24) is 0 Å². The van der Waals surface area contributed by atoms with Crippen LogP contribution in [0.3, 0.4) is 0 Å². The van der Waals surface area contributed by atoms with Crippen molar-refractivity contribution < 1.29 is 19.0 Å². The highest BCUT2D eigenvalue weighted by Crippen LogP contribution is 2.37. The van der Waals surface area contributed by atoms with E-state index in [1.165, 1.54) is 20.1 Å². The lowest BCUT2D eigenvalue weighted by Crippen LogP contribution is -2.11. The fraction of sp³-hybridized carbons (Fsp3) is 0.364. The molecular weight excluding hydrogens is 235 g/mol. The van der Waals surface area contributed by atoms with Crippen LogP contribution in [0.25, 0.3) is 0 Å². The lowest BCUT2D eigenvalue weighted by atomic mass is 9.97. The van der Waals surface area contributed by atoms with Crippen molar-refractivity contribution in [3.8, 4) is 5.75 Å². The lowest BCUT2D eigenvalue weighted by Gasteiger charge is -2.16. The maximum Gasteiger partial charge on any atom is 0.310 e. The zero-order valence-corrected chi connectivity index (χ0v) is 9.93. The second-order valence-corrected chi connectivity index (χ2v) is 3.87. The van der Waals surface area contributed by atoms with Gasteiger partial charge in [-0.2, -0.15) is 0 Å². The summed E-state index contributed by atoms with van der Waals surface area (Å²) in [6.07, 6.45) is 0. The van der Waals surface area contributed by atoms with Crippen LogP contribution in [0.1, 0.15) is 24.0 Å². The van der Waals surface area contributed by atoms with Gasteiger partial charge in [0.25, 0.3) is 0 Å². The molecular formula is C11H12ClFO3. The molecule has 1 rings (SSSR count). The summed E-state index contributed by atoms with van der Waals surface area (Å²) < 4.78 is 18.5. The first-order valence-corrected chi connectivity index (χ1v) is 5.03. The third kappa shape index (κ3) is 2.11. The first-order valence-electron chi connectivity index (χ1n) is 4.65. The van der Waals surface area contributed by atoms with Crippen LogP contribution in [0.2, 0.25) is 5.02 Å². The molecule has 0 amide bonds. The number of carboxylic acid groups (broad SMARTS) is 1. The van der Waals surface area contributed by atoms with E-state index < -0.39 is 17.7 Å². The van der Waals surface area contributed by atoms with Gasteiger partial charge in [0.15, 0.2) is 0 Å². The molecule has 0 radical (unpaired) electrons. The molecule has 5 heteroatoms. The molecule has 0 bridgehead atoms. The number of ether oxygens (including phenoxy) is 1. The molecule has 1 aromatic rings. The number of methoxy groups -OCH3 is 1. The van der Waals surface area contributed by atoms with E-state index in [4.69, 9.17) is 21.4 Å². The van der Waals surface area contributed by atoms with E-state index in [1.54, 1.807) is 6.92 Å². The van der Waals surface area contributed by atoms with Crippen LogP contribution < -0.4 is 4.74 Å². The zero-order valence-electron chi connectivity index (χ0n) is 9.17. The Kier molecular flexibility index (Phi) is 3.75. The Labute approximate surface area is 97.8 Å². The second kappa shape index (κ2) is 4.70. The molecule has 3 nitrogen and oxygen atoms in total. The van der Waals surface area contributed by atoms with Crippen LogP contribution in [0.5, 0.6) is 5.75 Å². The van der Waals surface area contributed by atoms with Crippen LogP contribution in [-0.4, -0.2) is 18.2 Å². The first-order chi connectivity index (χ1) is 7.40. The van der Waals surface area contributed by atoms with Crippen molar-refractivity contribution in [3.05, 3.63) is 28.0 Å². The molecule has 0 aromatic heterocycles. The minimum atomic E-state index is -1.08. The van der Waals surface area contributed by atoms with Gasteiger partial charge in [-0.05, 0) is 25.5 Å². The topological polar surface area (TPSA) is 46.5 Å². The van der Waals surface area contributed by atoms with Gasteiger partial charge in [0.2, 0.25) is 0 Å². The SMILES string of the molecule is COc1c(C)cc(F)c(Cl)c1C(C)C(=O)O. The van der Waals surface area contributed by atoms with Crippen molar-refractivity contribution in [1.29, 1.82) is 0 Å². The van der Waals surface area contributed by atoms with E-state index in [9.17, 15) is 9.18 Å². The average molecular weight is 247 g/mol. The normalized spacial score (nSPS) is 12.3. The smallest absolute Gasteiger partial charge is 0.310 e. The fourth-order valence-corrected chi connectivity index (χ4v) is 1.84. The van der Waals surface area contributed by atoms with Gasteiger partial charge in [-0.15, -0.1) is 0 Å². The Morgan fingerprint density at radius 1 is 1.62 bits per heavy atom. The average Bonchev–Trinajstić information content (AvgIpc) is 2.21. The van der Waals surface area contributed by atoms with E-state index in [2.05, 4.69) is 0 Å². The van der Waals surface area contributed by atoms with Gasteiger partial charge < -0.3 is 9.84 Å². The quantitative estimate of drug-likeness (QED) is 0.892. The minimum absolute atomic E-state index is 0.175. The van der Waals surface area contributed by atoms with E-state index in [-0.39, 0.29) is 10.6 Å². The van der Waals surface area contributed by atoms with Gasteiger partial charge in [0, 0.05) is 5.56 Å². The summed E-state index contributed by atoms with van der Waals surface area (Å²) in [5.74, 6) is -2.31. The molecule has 1 unspecified atom stereocenters. The Balaban J connectivity index is 3.50. The largest absolute Gasteiger partial charge is 0.496 e. The Morgan fingerprint density at radius 2 is 2.19 bits per heavy atom. The van der Waals surface area contributed by atoms with Crippen molar-refractivity contribution in [3.63, 3.8) is 0 Å². The van der Waals surface area contributed by atoms with Crippen LogP contribution in [0.4, 0.5) is 4.39 Å². The standard InChI is InChI=1S/C11H12ClFO3/c1-5-4-7(13)9(12)8(10(5)16-3)6(2)11(14)15/h4,6H,1-3H3,(H,14,15). The predicted octanol–water partition coefficient (Wildman–Crippen LogP) is 2.98. The molecule has 0 fully saturated rings. The molecule has 1 N–H and O–H groups in total. The van der Waals surface area contributed by atoms with Crippen LogP contribution in [0, 0.1) is 12.7 Å². The van der Waals surface area contributed by atoms with Gasteiger partial charge in [-0.1, -0.05) is 11.6 Å². The van der Waals surface area contributed by atoms with Crippen molar-refractivity contribution in [2.75, 3.05) is 7.11 Å². The number of aryl methyl sites for hydroxylation is 1. The molecule has 88 valence electrons. The molecule has 0 spiro atoms. The van der Waals surface area contributed by atoms with Crippen molar-refractivity contribution in [2.45, 2.75) is 19.8 Å². The van der Waals surface area contributed by atoms with Gasteiger partial charge in [0.05, 0.1) is 18.1 Å². The maximum absolute atomic E-state index is 13.4. The van der Waals surface area contributed by atoms with E-state index in [0.29, 0.717) is 11.3 Å². The summed E-state index contributed by atoms with van der Waals surface area (Å²) in [5.41, 5.74) is 0.696. The van der Waals surface area contributed by atoms with Crippen molar-refractivity contribution in [2.24, 2.45) is 0 Å². The molecule has 0 heterocycles. The molecule has 0 aliphatic rings. The van der Waals surface area contributed by atoms with Gasteiger partial charge in [-0.3, -0.25) is 4.79 Å². The van der Waals surface area contributed by atoms with Crippen molar-refractivity contribution >= 4 is 17.6 Å². The number of carboxylic acids is 1. The first kappa shape index (κ1) is 12.8. The number of aliphatic carboxylic acids is 1. The van der Waals surface area contributed by atoms with Gasteiger partial charge in [0.1, 0.15) is 11.6 Å². The molecule has 0 saturated carbocycles. The molecule has 1 aromatic carbocycles. The van der Waals surface area contributed by atoms with Crippen LogP contribution in [-0.2, 0) is 4.79 Å². The molecule has 0 aliphatic carbocycles. The molecule has 0 saturated heterocycles. The molecule has 16 heavy (non-hydrogen) atoms. The van der Waals surface area contributed by atoms with Crippen LogP contribution >= 0.6 is 11.6 Å². The van der Waals surface area contributed by atoms with Gasteiger partial charge in [-0.25, -0.2) is 4.39 Å². The monoisotopic (exact) mass is 246 g/mol. The highest BCUT2D eigenvalue weighted by atomic mass is 35.5. The lowest BCUT2D eigenvalue weighted by molar-refractivity contribution is -0.138. The van der Waals surface area contributed by atoms with Gasteiger partial charge >= 0.3 is 5.97 Å². The number of carbonyl (C=O) groups is 1. The number of halogens is 2. The molecule has 1 atom stereocenters. The van der Waals surface area contributed by atoms with E-state index in [1.807, 2.05) is 0 Å². The minimum Gasteiger partial charge on any atom is -0.496 e. The Morgan fingerprint density at radius 3 is 2.62 bits per heavy atom. The fourth-order valence-electron chi connectivity index (χ4n) is 1.54. The summed E-state index contributed by atoms with van der Waals surface area (Å²) in [7, 11) is 1.40. The number of hydrogen-bond donors (Lipinski definition) is 1. The van der Waals surface area contributed by atoms with E-state index >= 15 is 0 Å². The summed E-state index contributed by atoms with van der Waals surface area (Å²) in [6, 6.07) is 1.22. The number of rotatable bonds is 3. The highest BCUT2D eigenvalue weighted by Gasteiger charge is 2.25. The van der Waals surface area contributed by atoms with Crippen LogP contribution in [0.15, 0.2) is 6.07 Å². The molecule has 0 aliphatic heterocycles. The predicted molar refractivity (Wildman–Crippen MR) is 58.7 cm³/mol. The summed E-state index contributed by atoms with van der Waals surface area (Å²) in [6.45, 7) is 3.07. The Hall–Kier alpha value is -1.29. The number of hydrogen-bond acceptors (Lipinski definition) is 2.